The normalized spacial score (nSPS) is 14.5. The van der Waals surface area contributed by atoms with E-state index in [2.05, 4.69) is 4.98 Å². The fraction of sp³-hybridized carbons (Fsp3) is 0.312. The molecule has 2 aromatic rings. The molecule has 114 valence electrons. The molecule has 1 unspecified atom stereocenters. The third-order valence-corrected chi connectivity index (χ3v) is 4.61. The van der Waals surface area contributed by atoms with Gasteiger partial charge in [-0.1, -0.05) is 0 Å². The van der Waals surface area contributed by atoms with E-state index in [0.29, 0.717) is 12.1 Å². The molecule has 1 aliphatic rings. The Morgan fingerprint density at radius 3 is 2.91 bits per heavy atom. The van der Waals surface area contributed by atoms with Gasteiger partial charge in [-0.05, 0) is 37.1 Å². The van der Waals surface area contributed by atoms with Crippen molar-refractivity contribution in [1.82, 2.24) is 4.98 Å². The number of esters is 1. The Morgan fingerprint density at radius 1 is 1.41 bits per heavy atom. The van der Waals surface area contributed by atoms with E-state index in [1.807, 2.05) is 24.4 Å². The molecule has 6 heteroatoms. The minimum atomic E-state index is -0.369. The van der Waals surface area contributed by atoms with Crippen LogP contribution in [0.3, 0.4) is 0 Å². The number of hydrogen-bond acceptors (Lipinski definition) is 5. The highest BCUT2D eigenvalue weighted by atomic mass is 32.1. The summed E-state index contributed by atoms with van der Waals surface area (Å²) in [6, 6.07) is 5.33. The first kappa shape index (κ1) is 14.7. The van der Waals surface area contributed by atoms with E-state index in [4.69, 9.17) is 4.74 Å². The second kappa shape index (κ2) is 5.88. The van der Waals surface area contributed by atoms with E-state index >= 15 is 0 Å². The molecule has 2 heterocycles. The predicted molar refractivity (Wildman–Crippen MR) is 84.1 cm³/mol. The van der Waals surface area contributed by atoms with Crippen LogP contribution in [0.2, 0.25) is 0 Å². The molecule has 0 N–H and O–H groups in total. The fourth-order valence-corrected chi connectivity index (χ4v) is 3.19. The first-order chi connectivity index (χ1) is 10.6. The van der Waals surface area contributed by atoms with E-state index < -0.39 is 0 Å². The summed E-state index contributed by atoms with van der Waals surface area (Å²) in [6.07, 6.45) is 2.09. The lowest BCUT2D eigenvalue weighted by molar-refractivity contribution is -0.116. The zero-order valence-electron chi connectivity index (χ0n) is 12.4. The molecule has 22 heavy (non-hydrogen) atoms. The smallest absolute Gasteiger partial charge is 0.338 e. The van der Waals surface area contributed by atoms with Gasteiger partial charge in [-0.3, -0.25) is 4.79 Å². The molecule has 3 rings (SSSR count). The Hall–Kier alpha value is -2.21. The number of aromatic nitrogens is 1. The minimum Gasteiger partial charge on any atom is -0.452 e. The number of thiazole rings is 1. The summed E-state index contributed by atoms with van der Waals surface area (Å²) < 4.78 is 5.44. The quantitative estimate of drug-likeness (QED) is 0.817. The summed E-state index contributed by atoms with van der Waals surface area (Å²) >= 11 is 1.46. The Balaban J connectivity index is 1.76. The summed E-state index contributed by atoms with van der Waals surface area (Å²) in [5.41, 5.74) is 2.40. The average Bonchev–Trinajstić information content (AvgIpc) is 3.15. The second-order valence-corrected chi connectivity index (χ2v) is 6.11. The molecule has 5 nitrogen and oxygen atoms in total. The summed E-state index contributed by atoms with van der Waals surface area (Å²) in [6.45, 7) is 4.02. The van der Waals surface area contributed by atoms with Gasteiger partial charge >= 0.3 is 5.97 Å². The summed E-state index contributed by atoms with van der Waals surface area (Å²) in [5, 5.41) is 2.63. The molecule has 0 spiro atoms. The second-order valence-electron chi connectivity index (χ2n) is 5.18. The standard InChI is InChI=1S/C16H16N2O3S/c1-10(15-17-6-8-22-15)21-16(20)13-3-4-14-12(9-13)5-7-18(14)11(2)19/h3-4,6,8-10H,5,7H2,1-2H3. The van der Waals surface area contributed by atoms with Crippen LogP contribution < -0.4 is 4.90 Å². The third-order valence-electron chi connectivity index (χ3n) is 3.67. The van der Waals surface area contributed by atoms with E-state index in [1.54, 1.807) is 24.1 Å². The Labute approximate surface area is 132 Å². The Morgan fingerprint density at radius 2 is 2.23 bits per heavy atom. The maximum Gasteiger partial charge on any atom is 0.338 e. The third kappa shape index (κ3) is 2.74. The Bertz CT molecular complexity index is 712. The lowest BCUT2D eigenvalue weighted by atomic mass is 10.1. The number of hydrogen-bond donors (Lipinski definition) is 0. The average molecular weight is 316 g/mol. The maximum absolute atomic E-state index is 12.2. The van der Waals surface area contributed by atoms with Gasteiger partial charge in [0, 0.05) is 30.7 Å². The van der Waals surface area contributed by atoms with Crippen molar-refractivity contribution in [3.8, 4) is 0 Å². The predicted octanol–water partition coefficient (Wildman–Crippen LogP) is 2.97. The van der Waals surface area contributed by atoms with Gasteiger partial charge in [0.05, 0.1) is 5.56 Å². The number of anilines is 1. The van der Waals surface area contributed by atoms with Crippen LogP contribution in [0.25, 0.3) is 0 Å². The van der Waals surface area contributed by atoms with Crippen molar-refractivity contribution in [3.63, 3.8) is 0 Å². The molecule has 0 saturated heterocycles. The molecule has 0 bridgehead atoms. The molecule has 1 amide bonds. The zero-order chi connectivity index (χ0) is 15.7. The van der Waals surface area contributed by atoms with Crippen LogP contribution in [0.4, 0.5) is 5.69 Å². The zero-order valence-corrected chi connectivity index (χ0v) is 13.2. The van der Waals surface area contributed by atoms with Crippen molar-refractivity contribution in [1.29, 1.82) is 0 Å². The van der Waals surface area contributed by atoms with Gasteiger partial charge < -0.3 is 9.64 Å². The lowest BCUT2D eigenvalue weighted by Crippen LogP contribution is -2.25. The molecule has 0 fully saturated rings. The molecule has 1 aliphatic heterocycles. The van der Waals surface area contributed by atoms with Crippen LogP contribution in [0.5, 0.6) is 0 Å². The number of nitrogens with zero attached hydrogens (tertiary/aromatic N) is 2. The number of carbonyl (C=O) groups is 2. The fourth-order valence-electron chi connectivity index (χ4n) is 2.57. The van der Waals surface area contributed by atoms with Crippen LogP contribution in [0, 0.1) is 0 Å². The number of fused-ring (bicyclic) bond motifs is 1. The highest BCUT2D eigenvalue weighted by molar-refractivity contribution is 7.09. The van der Waals surface area contributed by atoms with Crippen LogP contribution in [-0.2, 0) is 16.0 Å². The van der Waals surface area contributed by atoms with Gasteiger partial charge in [0.2, 0.25) is 5.91 Å². The number of ether oxygens (including phenoxy) is 1. The number of benzene rings is 1. The van der Waals surface area contributed by atoms with E-state index in [9.17, 15) is 9.59 Å². The largest absolute Gasteiger partial charge is 0.452 e. The van der Waals surface area contributed by atoms with Crippen molar-refractivity contribution in [2.24, 2.45) is 0 Å². The lowest BCUT2D eigenvalue weighted by Gasteiger charge is -2.15. The van der Waals surface area contributed by atoms with Gasteiger partial charge in [0.25, 0.3) is 0 Å². The summed E-state index contributed by atoms with van der Waals surface area (Å²) in [5.74, 6) is -0.349. The van der Waals surface area contributed by atoms with Crippen molar-refractivity contribution >= 4 is 28.9 Å². The van der Waals surface area contributed by atoms with Crippen molar-refractivity contribution in [3.05, 3.63) is 45.9 Å². The highest BCUT2D eigenvalue weighted by Gasteiger charge is 2.24. The number of rotatable bonds is 3. The van der Waals surface area contributed by atoms with Crippen LogP contribution >= 0.6 is 11.3 Å². The summed E-state index contributed by atoms with van der Waals surface area (Å²) in [7, 11) is 0. The SMILES string of the molecule is CC(=O)N1CCc2cc(C(=O)OC(C)c3nccs3)ccc21. The molecular formula is C16H16N2O3S. The van der Waals surface area contributed by atoms with E-state index in [-0.39, 0.29) is 18.0 Å². The molecular weight excluding hydrogens is 300 g/mol. The first-order valence-corrected chi connectivity index (χ1v) is 7.95. The van der Waals surface area contributed by atoms with Crippen molar-refractivity contribution in [2.75, 3.05) is 11.4 Å². The highest BCUT2D eigenvalue weighted by Crippen LogP contribution is 2.29. The van der Waals surface area contributed by atoms with E-state index in [0.717, 1.165) is 22.7 Å². The minimum absolute atomic E-state index is 0.0199. The van der Waals surface area contributed by atoms with Gasteiger partial charge in [0.1, 0.15) is 5.01 Å². The summed E-state index contributed by atoms with van der Waals surface area (Å²) in [4.78, 5) is 29.6. The first-order valence-electron chi connectivity index (χ1n) is 7.07. The van der Waals surface area contributed by atoms with Gasteiger partial charge in [-0.2, -0.15) is 0 Å². The van der Waals surface area contributed by atoms with Crippen LogP contribution in [-0.4, -0.2) is 23.4 Å². The van der Waals surface area contributed by atoms with Gasteiger partial charge in [-0.25, -0.2) is 9.78 Å². The van der Waals surface area contributed by atoms with Gasteiger partial charge in [0.15, 0.2) is 6.10 Å². The topological polar surface area (TPSA) is 59.5 Å². The monoisotopic (exact) mass is 316 g/mol. The van der Waals surface area contributed by atoms with Gasteiger partial charge in [-0.15, -0.1) is 11.3 Å². The van der Waals surface area contributed by atoms with Crippen molar-refractivity contribution < 1.29 is 14.3 Å². The number of carbonyl (C=O) groups excluding carboxylic acids is 2. The molecule has 0 saturated carbocycles. The molecule has 1 aromatic heterocycles. The van der Waals surface area contributed by atoms with E-state index in [1.165, 1.54) is 11.3 Å². The van der Waals surface area contributed by atoms with Crippen LogP contribution in [0.15, 0.2) is 29.8 Å². The van der Waals surface area contributed by atoms with Crippen molar-refractivity contribution in [2.45, 2.75) is 26.4 Å². The Kier molecular flexibility index (Phi) is 3.94. The number of amides is 1. The molecule has 1 aromatic carbocycles. The molecule has 0 radical (unpaired) electrons. The molecule has 0 aliphatic carbocycles. The van der Waals surface area contributed by atoms with Crippen LogP contribution in [0.1, 0.15) is 40.9 Å². The maximum atomic E-state index is 12.2. The molecule has 1 atom stereocenters.